The largest absolute Gasteiger partial charge is 0.419 e. The minimum absolute atomic E-state index is 0.141. The van der Waals surface area contributed by atoms with Crippen molar-refractivity contribution < 1.29 is 22.4 Å². The van der Waals surface area contributed by atoms with Crippen LogP contribution in [0.2, 0.25) is 0 Å². The Bertz CT molecular complexity index is 967. The smallest absolute Gasteiger partial charge is 0.322 e. The van der Waals surface area contributed by atoms with Gasteiger partial charge in [-0.15, -0.1) is 0 Å². The van der Waals surface area contributed by atoms with Gasteiger partial charge in [-0.1, -0.05) is 18.2 Å². The maximum absolute atomic E-state index is 13.3. The van der Waals surface area contributed by atoms with Crippen molar-refractivity contribution in [3.8, 4) is 0 Å². The Labute approximate surface area is 140 Å². The fourth-order valence-electron chi connectivity index (χ4n) is 2.51. The zero-order valence-corrected chi connectivity index (χ0v) is 13.0. The number of fused-ring (bicyclic) bond motifs is 1. The molecule has 0 aliphatic rings. The zero-order valence-electron chi connectivity index (χ0n) is 13.0. The molecule has 1 N–H and O–H groups in total. The first-order valence-electron chi connectivity index (χ1n) is 7.30. The molecule has 2 aromatic carbocycles. The predicted octanol–water partition coefficient (Wildman–Crippen LogP) is 4.95. The summed E-state index contributed by atoms with van der Waals surface area (Å²) in [4.78, 5) is 16.8. The molecule has 7 heteroatoms. The van der Waals surface area contributed by atoms with Crippen molar-refractivity contribution in [3.63, 3.8) is 0 Å². The number of rotatable bonds is 2. The highest BCUT2D eigenvalue weighted by Crippen LogP contribution is 2.33. The lowest BCUT2D eigenvalue weighted by molar-refractivity contribution is -0.139. The van der Waals surface area contributed by atoms with Crippen molar-refractivity contribution in [2.45, 2.75) is 13.1 Å². The normalized spacial score (nSPS) is 11.6. The van der Waals surface area contributed by atoms with Crippen LogP contribution < -0.4 is 5.32 Å². The van der Waals surface area contributed by atoms with Crippen molar-refractivity contribution in [1.29, 1.82) is 0 Å². The molecule has 1 aromatic heterocycles. The Hall–Kier alpha value is -2.96. The summed E-state index contributed by atoms with van der Waals surface area (Å²) in [6.45, 7) is 1.71. The number of hydrogen-bond donors (Lipinski definition) is 1. The molecule has 0 spiro atoms. The summed E-state index contributed by atoms with van der Waals surface area (Å²) in [5, 5.41) is 2.96. The summed E-state index contributed by atoms with van der Waals surface area (Å²) in [5.41, 5.74) is -0.0963. The minimum Gasteiger partial charge on any atom is -0.322 e. The van der Waals surface area contributed by atoms with E-state index < -0.39 is 23.5 Å². The average Bonchev–Trinajstić information content (AvgIpc) is 2.54. The first kappa shape index (κ1) is 16.9. The molecule has 0 atom stereocenters. The first-order valence-corrected chi connectivity index (χ1v) is 7.30. The van der Waals surface area contributed by atoms with Crippen molar-refractivity contribution in [2.24, 2.45) is 0 Å². The van der Waals surface area contributed by atoms with E-state index in [2.05, 4.69) is 10.3 Å². The molecule has 0 fully saturated rings. The highest BCUT2D eigenvalue weighted by Gasteiger charge is 2.34. The van der Waals surface area contributed by atoms with Gasteiger partial charge in [0.25, 0.3) is 5.91 Å². The van der Waals surface area contributed by atoms with Crippen LogP contribution in [0.4, 0.5) is 23.2 Å². The molecule has 0 bridgehead atoms. The van der Waals surface area contributed by atoms with Crippen molar-refractivity contribution >= 4 is 22.5 Å². The van der Waals surface area contributed by atoms with Gasteiger partial charge in [0.05, 0.1) is 16.6 Å². The number of pyridine rings is 1. The van der Waals surface area contributed by atoms with Gasteiger partial charge < -0.3 is 5.32 Å². The molecule has 0 saturated carbocycles. The number of amides is 1. The third-order valence-electron chi connectivity index (χ3n) is 3.62. The van der Waals surface area contributed by atoms with Crippen LogP contribution in [0.25, 0.3) is 10.9 Å². The highest BCUT2D eigenvalue weighted by molar-refractivity contribution is 6.12. The second-order valence-electron chi connectivity index (χ2n) is 5.47. The third-order valence-corrected chi connectivity index (χ3v) is 3.62. The van der Waals surface area contributed by atoms with Gasteiger partial charge >= 0.3 is 6.18 Å². The maximum Gasteiger partial charge on any atom is 0.419 e. The van der Waals surface area contributed by atoms with Gasteiger partial charge in [-0.05, 0) is 37.3 Å². The average molecular weight is 348 g/mol. The quantitative estimate of drug-likeness (QED) is 0.666. The second-order valence-corrected chi connectivity index (χ2v) is 5.47. The molecule has 0 aliphatic heterocycles. The van der Waals surface area contributed by atoms with Crippen molar-refractivity contribution in [3.05, 3.63) is 71.2 Å². The van der Waals surface area contributed by atoms with Gasteiger partial charge in [-0.3, -0.25) is 9.78 Å². The summed E-state index contributed by atoms with van der Waals surface area (Å²) >= 11 is 0. The lowest BCUT2D eigenvalue weighted by Crippen LogP contribution is -2.15. The van der Waals surface area contributed by atoms with Gasteiger partial charge in [0.2, 0.25) is 0 Å². The Morgan fingerprint density at radius 2 is 1.80 bits per heavy atom. The number of benzene rings is 2. The lowest BCUT2D eigenvalue weighted by Gasteiger charge is -2.12. The van der Waals surface area contributed by atoms with E-state index in [0.29, 0.717) is 28.7 Å². The van der Waals surface area contributed by atoms with Gasteiger partial charge in [-0.2, -0.15) is 13.2 Å². The Morgan fingerprint density at radius 1 is 1.08 bits per heavy atom. The van der Waals surface area contributed by atoms with Gasteiger partial charge in [0.1, 0.15) is 5.82 Å². The number of halogens is 4. The Morgan fingerprint density at radius 3 is 2.52 bits per heavy atom. The van der Waals surface area contributed by atoms with Gasteiger partial charge in [0, 0.05) is 16.8 Å². The van der Waals surface area contributed by atoms with E-state index in [1.54, 1.807) is 37.3 Å². The van der Waals surface area contributed by atoms with E-state index in [4.69, 9.17) is 0 Å². The molecule has 128 valence electrons. The second kappa shape index (κ2) is 6.16. The summed E-state index contributed by atoms with van der Waals surface area (Å²) in [5.74, 6) is -1.99. The number of alkyl halides is 3. The topological polar surface area (TPSA) is 42.0 Å². The van der Waals surface area contributed by atoms with Gasteiger partial charge in [-0.25, -0.2) is 4.39 Å². The highest BCUT2D eigenvalue weighted by atomic mass is 19.4. The summed E-state index contributed by atoms with van der Waals surface area (Å²) in [6.07, 6.45) is -4.84. The first-order chi connectivity index (χ1) is 11.8. The van der Waals surface area contributed by atoms with Gasteiger partial charge in [0.15, 0.2) is 0 Å². The fraction of sp³-hybridized carbons (Fsp3) is 0.111. The number of nitrogens with zero attached hydrogens (tertiary/aromatic N) is 1. The van der Waals surface area contributed by atoms with E-state index >= 15 is 0 Å². The van der Waals surface area contributed by atoms with E-state index in [1.807, 2.05) is 0 Å². The Kier molecular flexibility index (Phi) is 4.16. The SMILES string of the molecule is Cc1cc(C(=O)Nc2ccc(F)c(C(F)(F)F)c2)c2ccccc2n1. The van der Waals surface area contributed by atoms with Crippen LogP contribution in [0.1, 0.15) is 21.6 Å². The van der Waals surface area contributed by atoms with Crippen LogP contribution in [-0.2, 0) is 6.18 Å². The van der Waals surface area contributed by atoms with Crippen LogP contribution in [0.5, 0.6) is 0 Å². The van der Waals surface area contributed by atoms with Crippen LogP contribution in [0.3, 0.4) is 0 Å². The number of carbonyl (C=O) groups is 1. The molecule has 0 saturated heterocycles. The van der Waals surface area contributed by atoms with Crippen LogP contribution in [-0.4, -0.2) is 10.9 Å². The number of anilines is 1. The fourth-order valence-corrected chi connectivity index (χ4v) is 2.51. The van der Waals surface area contributed by atoms with E-state index in [0.717, 1.165) is 6.07 Å². The lowest BCUT2D eigenvalue weighted by atomic mass is 10.1. The molecule has 1 amide bonds. The molecule has 3 aromatic rings. The molecular weight excluding hydrogens is 336 g/mol. The number of aryl methyl sites for hydroxylation is 1. The maximum atomic E-state index is 13.3. The van der Waals surface area contributed by atoms with Crippen molar-refractivity contribution in [2.75, 3.05) is 5.32 Å². The zero-order chi connectivity index (χ0) is 18.2. The summed E-state index contributed by atoms with van der Waals surface area (Å²) in [7, 11) is 0. The van der Waals surface area contributed by atoms with Crippen LogP contribution >= 0.6 is 0 Å². The molecule has 1 heterocycles. The molecule has 0 unspecified atom stereocenters. The number of nitrogens with one attached hydrogen (secondary N) is 1. The predicted molar refractivity (Wildman–Crippen MR) is 85.8 cm³/mol. The monoisotopic (exact) mass is 348 g/mol. The summed E-state index contributed by atoms with van der Waals surface area (Å²) < 4.78 is 51.7. The standard InChI is InChI=1S/C18H12F4N2O/c1-10-8-13(12-4-2-3-5-16(12)23-10)17(25)24-11-6-7-15(19)14(9-11)18(20,21)22/h2-9H,1H3,(H,24,25). The number of para-hydroxylation sites is 1. The molecule has 25 heavy (non-hydrogen) atoms. The van der Waals surface area contributed by atoms with E-state index in [1.165, 1.54) is 0 Å². The van der Waals surface area contributed by atoms with Crippen LogP contribution in [0, 0.1) is 12.7 Å². The molecule has 3 rings (SSSR count). The summed E-state index contributed by atoms with van der Waals surface area (Å²) in [6, 6.07) is 10.8. The number of carbonyl (C=O) groups excluding carboxylic acids is 1. The minimum atomic E-state index is -4.84. The molecule has 0 aliphatic carbocycles. The van der Waals surface area contributed by atoms with Crippen LogP contribution in [0.15, 0.2) is 48.5 Å². The molecular formula is C18H12F4N2O. The van der Waals surface area contributed by atoms with E-state index in [9.17, 15) is 22.4 Å². The van der Waals surface area contributed by atoms with E-state index in [-0.39, 0.29) is 11.3 Å². The number of hydrogen-bond acceptors (Lipinski definition) is 2. The number of aromatic nitrogens is 1. The van der Waals surface area contributed by atoms with Crippen molar-refractivity contribution in [1.82, 2.24) is 4.98 Å². The molecule has 3 nitrogen and oxygen atoms in total. The molecule has 0 radical (unpaired) electrons. The third kappa shape index (κ3) is 3.45. The Balaban J connectivity index is 1.99.